The van der Waals surface area contributed by atoms with Crippen LogP contribution in [0.4, 0.5) is 0 Å². The van der Waals surface area contributed by atoms with Crippen LogP contribution >= 0.6 is 23.5 Å². The zero-order chi connectivity index (χ0) is 31.1. The molecule has 0 saturated heterocycles. The van der Waals surface area contributed by atoms with Crippen molar-refractivity contribution in [3.05, 3.63) is 105 Å². The van der Waals surface area contributed by atoms with E-state index in [1.807, 2.05) is 24.3 Å². The van der Waals surface area contributed by atoms with Crippen LogP contribution in [0.5, 0.6) is 11.5 Å². The highest BCUT2D eigenvalue weighted by atomic mass is 32.2. The molecule has 4 amide bonds. The van der Waals surface area contributed by atoms with Crippen molar-refractivity contribution >= 4 is 69.6 Å². The summed E-state index contributed by atoms with van der Waals surface area (Å²) in [5, 5.41) is 0.400. The van der Waals surface area contributed by atoms with Crippen molar-refractivity contribution in [2.45, 2.75) is 0 Å². The number of amidine groups is 2. The van der Waals surface area contributed by atoms with Crippen molar-refractivity contribution in [1.82, 2.24) is 21.7 Å². The first-order chi connectivity index (χ1) is 21.3. The number of amides is 4. The first-order valence-corrected chi connectivity index (χ1v) is 14.5. The predicted octanol–water partition coefficient (Wildman–Crippen LogP) is 3.51. The molecular formula is C30H24N6O6S2. The number of carbonyl (C=O) groups is 4. The highest BCUT2D eigenvalue weighted by molar-refractivity contribution is 8.18. The Bertz CT molecular complexity index is 1630. The molecule has 222 valence electrons. The van der Waals surface area contributed by atoms with Gasteiger partial charge < -0.3 is 9.47 Å². The van der Waals surface area contributed by atoms with E-state index < -0.39 is 23.6 Å². The smallest absolute Gasteiger partial charge is 0.286 e. The zero-order valence-electron chi connectivity index (χ0n) is 23.2. The molecule has 0 saturated carbocycles. The van der Waals surface area contributed by atoms with Gasteiger partial charge in [0.1, 0.15) is 11.5 Å². The van der Waals surface area contributed by atoms with Gasteiger partial charge in [0, 0.05) is 11.1 Å². The Hall–Kier alpha value is -5.34. The third kappa shape index (κ3) is 7.53. The van der Waals surface area contributed by atoms with Crippen molar-refractivity contribution in [3.8, 4) is 11.5 Å². The summed E-state index contributed by atoms with van der Waals surface area (Å²) in [6.45, 7) is 0. The van der Waals surface area contributed by atoms with Crippen LogP contribution in [-0.4, -0.2) is 48.2 Å². The van der Waals surface area contributed by atoms with Crippen LogP contribution in [0.3, 0.4) is 0 Å². The van der Waals surface area contributed by atoms with Gasteiger partial charge in [0.05, 0.1) is 24.0 Å². The van der Waals surface area contributed by atoms with E-state index in [0.29, 0.717) is 21.3 Å². The summed E-state index contributed by atoms with van der Waals surface area (Å²) < 4.78 is 10.3. The molecule has 0 aliphatic carbocycles. The maximum atomic E-state index is 12.7. The maximum Gasteiger partial charge on any atom is 0.286 e. The fourth-order valence-corrected chi connectivity index (χ4v) is 5.33. The third-order valence-corrected chi connectivity index (χ3v) is 7.82. The highest BCUT2D eigenvalue weighted by Gasteiger charge is 2.24. The van der Waals surface area contributed by atoms with E-state index in [9.17, 15) is 19.2 Å². The van der Waals surface area contributed by atoms with Gasteiger partial charge in [-0.15, -0.1) is 0 Å². The van der Waals surface area contributed by atoms with Crippen LogP contribution < -0.4 is 31.2 Å². The Morgan fingerprint density at radius 1 is 0.659 bits per heavy atom. The number of nitrogens with zero attached hydrogens (tertiary/aromatic N) is 2. The van der Waals surface area contributed by atoms with Crippen molar-refractivity contribution in [2.75, 3.05) is 14.2 Å². The summed E-state index contributed by atoms with van der Waals surface area (Å²) in [5.74, 6) is -0.588. The second-order valence-corrected chi connectivity index (χ2v) is 11.0. The van der Waals surface area contributed by atoms with Gasteiger partial charge in [0.25, 0.3) is 23.6 Å². The standard InChI is InChI=1S/C30H24N6O6S2/c1-41-21-10-6-17(7-11-21)14-23-27(39)31-29(43-23)35-33-25(37)19-4-3-5-20(16-19)26(38)34-36-30-32-28(40)24(44-30)15-18-8-12-22(42-2)13-9-18/h3-16H,1-2H3,(H,33,37)(H,34,38)(H,31,35,39)(H,32,36,40)/b23-14+,24-15+. The van der Waals surface area contributed by atoms with E-state index in [1.165, 1.54) is 18.2 Å². The van der Waals surface area contributed by atoms with Crippen molar-refractivity contribution in [2.24, 2.45) is 9.98 Å². The van der Waals surface area contributed by atoms with Crippen LogP contribution in [0, 0.1) is 0 Å². The Labute approximate surface area is 260 Å². The minimum absolute atomic E-state index is 0.182. The van der Waals surface area contributed by atoms with Crippen molar-refractivity contribution in [1.29, 1.82) is 0 Å². The third-order valence-electron chi connectivity index (χ3n) is 6.02. The number of nitrogens with one attached hydrogen (secondary N) is 4. The Morgan fingerprint density at radius 3 is 1.45 bits per heavy atom. The lowest BCUT2D eigenvalue weighted by Crippen LogP contribution is -2.41. The minimum atomic E-state index is -0.550. The summed E-state index contributed by atoms with van der Waals surface area (Å²) >= 11 is 2.15. The van der Waals surface area contributed by atoms with Crippen molar-refractivity contribution < 1.29 is 28.7 Å². The van der Waals surface area contributed by atoms with Gasteiger partial charge in [-0.3, -0.25) is 40.9 Å². The van der Waals surface area contributed by atoms with Crippen LogP contribution in [0.2, 0.25) is 0 Å². The summed E-state index contributed by atoms with van der Waals surface area (Å²) in [6.07, 6.45) is 3.37. The molecule has 0 atom stereocenters. The second kappa shape index (κ2) is 13.8. The molecule has 14 heteroatoms. The lowest BCUT2D eigenvalue weighted by Gasteiger charge is -2.10. The van der Waals surface area contributed by atoms with E-state index in [-0.39, 0.29) is 21.5 Å². The van der Waals surface area contributed by atoms with Crippen LogP contribution in [0.25, 0.3) is 12.2 Å². The minimum Gasteiger partial charge on any atom is -0.497 e. The summed E-state index contributed by atoms with van der Waals surface area (Å²) in [6, 6.07) is 20.3. The molecule has 3 aromatic rings. The Kier molecular flexibility index (Phi) is 9.42. The average Bonchev–Trinajstić information content (AvgIpc) is 3.59. The quantitative estimate of drug-likeness (QED) is 0.235. The average molecular weight is 629 g/mol. The maximum absolute atomic E-state index is 12.7. The number of hydrogen-bond acceptors (Lipinski definition) is 10. The zero-order valence-corrected chi connectivity index (χ0v) is 24.9. The number of ether oxygens (including phenoxy) is 2. The number of aliphatic imine (C=N–C) groups is 2. The molecule has 2 aliphatic heterocycles. The summed E-state index contributed by atoms with van der Waals surface area (Å²) in [5.41, 5.74) is 12.2. The highest BCUT2D eigenvalue weighted by Crippen LogP contribution is 2.29. The first kappa shape index (κ1) is 30.1. The Balaban J connectivity index is 1.12. The Morgan fingerprint density at radius 2 is 1.07 bits per heavy atom. The number of carbonyl (C=O) groups excluding carboxylic acids is 4. The van der Waals surface area contributed by atoms with Crippen LogP contribution in [-0.2, 0) is 9.59 Å². The van der Waals surface area contributed by atoms with E-state index in [2.05, 4.69) is 31.7 Å². The van der Waals surface area contributed by atoms with Crippen LogP contribution in [0.1, 0.15) is 31.8 Å². The van der Waals surface area contributed by atoms with E-state index in [4.69, 9.17) is 9.47 Å². The summed E-state index contributed by atoms with van der Waals surface area (Å²) in [4.78, 5) is 58.7. The van der Waals surface area contributed by atoms with Crippen LogP contribution in [0.15, 0.2) is 92.6 Å². The molecule has 0 spiro atoms. The number of methoxy groups -OCH3 is 2. The summed E-state index contributed by atoms with van der Waals surface area (Å²) in [7, 11) is 3.14. The second-order valence-electron chi connectivity index (χ2n) is 8.95. The van der Waals surface area contributed by atoms with Gasteiger partial charge in [-0.2, -0.15) is 9.98 Å². The van der Waals surface area contributed by atoms with Gasteiger partial charge in [-0.25, -0.2) is 0 Å². The van der Waals surface area contributed by atoms with Crippen molar-refractivity contribution in [3.63, 3.8) is 0 Å². The van der Waals surface area contributed by atoms with E-state index in [0.717, 1.165) is 34.7 Å². The lowest BCUT2D eigenvalue weighted by molar-refractivity contribution is -0.114. The number of hydrogen-bond donors (Lipinski definition) is 4. The van der Waals surface area contributed by atoms with Gasteiger partial charge in [0.15, 0.2) is 10.3 Å². The molecule has 4 N–H and O–H groups in total. The molecule has 0 radical (unpaired) electrons. The fraction of sp³-hybridized carbons (Fsp3) is 0.0667. The van der Waals surface area contributed by atoms with Gasteiger partial charge in [-0.1, -0.05) is 30.3 Å². The van der Waals surface area contributed by atoms with Gasteiger partial charge in [0.2, 0.25) is 0 Å². The largest absolute Gasteiger partial charge is 0.497 e. The molecule has 44 heavy (non-hydrogen) atoms. The number of thioether (sulfide) groups is 2. The molecule has 0 bridgehead atoms. The molecule has 12 nitrogen and oxygen atoms in total. The molecule has 5 rings (SSSR count). The number of rotatable bonds is 6. The molecule has 0 unspecified atom stereocenters. The molecule has 2 heterocycles. The molecule has 0 aromatic heterocycles. The molecule has 0 fully saturated rings. The monoisotopic (exact) mass is 628 g/mol. The van der Waals surface area contributed by atoms with Gasteiger partial charge >= 0.3 is 0 Å². The lowest BCUT2D eigenvalue weighted by atomic mass is 10.1. The van der Waals surface area contributed by atoms with Gasteiger partial charge in [-0.05, 0) is 89.3 Å². The predicted molar refractivity (Wildman–Crippen MR) is 170 cm³/mol. The molecule has 2 aliphatic rings. The SMILES string of the molecule is COc1ccc(/C=C2/SC(NNC(=O)c3cccc(C(=O)NNC4=NC(=O)/C(=C\c5ccc(OC)cc5)S4)c3)=NC2=O)cc1. The molecule has 3 aromatic carbocycles. The normalized spacial score (nSPS) is 16.0. The topological polar surface area (TPSA) is 160 Å². The number of hydrazine groups is 2. The van der Waals surface area contributed by atoms with E-state index >= 15 is 0 Å². The van der Waals surface area contributed by atoms with E-state index in [1.54, 1.807) is 56.7 Å². The molecular weight excluding hydrogens is 605 g/mol. The number of benzene rings is 3. The fourth-order valence-electron chi connectivity index (χ4n) is 3.79. The first-order valence-electron chi connectivity index (χ1n) is 12.9.